The fraction of sp³-hybridized carbons (Fsp3) is 0.333. The predicted octanol–water partition coefficient (Wildman–Crippen LogP) is 1.94. The Balaban J connectivity index is 2.89. The molecule has 0 saturated heterocycles. The Morgan fingerprint density at radius 1 is 1.33 bits per heavy atom. The number of hydrogen-bond donors (Lipinski definition) is 1. The third-order valence-corrected chi connectivity index (χ3v) is 1.92. The second-order valence-electron chi connectivity index (χ2n) is 3.76. The number of rotatable bonds is 4. The molecule has 0 heterocycles. The van der Waals surface area contributed by atoms with E-state index in [-0.39, 0.29) is 0 Å². The number of hydrogen-bond acceptors (Lipinski definition) is 2. The molecule has 0 saturated carbocycles. The minimum Gasteiger partial charge on any atom is -0.368 e. The third kappa shape index (κ3) is 3.54. The lowest BCUT2D eigenvalue weighted by Crippen LogP contribution is -2.20. The Morgan fingerprint density at radius 2 is 1.93 bits per heavy atom. The Bertz CT molecular complexity index is 344. The number of primary amides is 1. The lowest BCUT2D eigenvalue weighted by Gasteiger charge is -2.08. The summed E-state index contributed by atoms with van der Waals surface area (Å²) in [5.41, 5.74) is 6.14. The van der Waals surface area contributed by atoms with Crippen LogP contribution in [-0.4, -0.2) is 12.1 Å². The summed E-state index contributed by atoms with van der Waals surface area (Å²) < 4.78 is 0. The number of benzene rings is 1. The van der Waals surface area contributed by atoms with Gasteiger partial charge in [0.2, 0.25) is 5.91 Å². The molecule has 0 aliphatic carbocycles. The molecule has 3 nitrogen and oxygen atoms in total. The summed E-state index contributed by atoms with van der Waals surface area (Å²) in [7, 11) is 0. The Hall–Kier alpha value is -1.64. The molecule has 0 aliphatic rings. The van der Waals surface area contributed by atoms with Gasteiger partial charge in [0.15, 0.2) is 6.04 Å². The second kappa shape index (κ2) is 5.29. The predicted molar refractivity (Wildman–Crippen MR) is 61.7 cm³/mol. The maximum Gasteiger partial charge on any atom is 0.246 e. The van der Waals surface area contributed by atoms with Crippen molar-refractivity contribution >= 4 is 12.1 Å². The van der Waals surface area contributed by atoms with Crippen LogP contribution in [0.4, 0.5) is 0 Å². The highest BCUT2D eigenvalue weighted by Crippen LogP contribution is 2.16. The molecule has 3 heteroatoms. The number of amides is 1. The van der Waals surface area contributed by atoms with Gasteiger partial charge in [-0.1, -0.05) is 44.2 Å². The van der Waals surface area contributed by atoms with E-state index in [1.807, 2.05) is 44.2 Å². The van der Waals surface area contributed by atoms with Gasteiger partial charge in [-0.15, -0.1) is 0 Å². The van der Waals surface area contributed by atoms with Gasteiger partial charge in [-0.3, -0.25) is 9.79 Å². The molecular formula is C12H16N2O. The van der Waals surface area contributed by atoms with Crippen molar-refractivity contribution in [3.8, 4) is 0 Å². The van der Waals surface area contributed by atoms with Crippen molar-refractivity contribution < 1.29 is 4.79 Å². The molecule has 0 fully saturated rings. The number of nitrogens with zero attached hydrogens (tertiary/aromatic N) is 1. The maximum absolute atomic E-state index is 11.2. The van der Waals surface area contributed by atoms with Crippen LogP contribution >= 0.6 is 0 Å². The molecule has 0 bridgehead atoms. The fourth-order valence-electron chi connectivity index (χ4n) is 1.22. The molecule has 0 spiro atoms. The zero-order chi connectivity index (χ0) is 11.3. The van der Waals surface area contributed by atoms with Crippen LogP contribution in [-0.2, 0) is 4.79 Å². The van der Waals surface area contributed by atoms with Gasteiger partial charge in [0.25, 0.3) is 0 Å². The smallest absolute Gasteiger partial charge is 0.246 e. The molecule has 15 heavy (non-hydrogen) atoms. The van der Waals surface area contributed by atoms with Crippen LogP contribution in [0.5, 0.6) is 0 Å². The SMILES string of the molecule is CC(C)C=N[C@@H](C(N)=O)c1ccccc1. The van der Waals surface area contributed by atoms with Crippen molar-refractivity contribution in [2.75, 3.05) is 0 Å². The van der Waals surface area contributed by atoms with Crippen molar-refractivity contribution in [1.82, 2.24) is 0 Å². The number of nitrogens with two attached hydrogens (primary N) is 1. The van der Waals surface area contributed by atoms with Gasteiger partial charge in [0.1, 0.15) is 0 Å². The van der Waals surface area contributed by atoms with Crippen molar-refractivity contribution in [2.24, 2.45) is 16.6 Å². The van der Waals surface area contributed by atoms with Crippen LogP contribution in [0, 0.1) is 5.92 Å². The van der Waals surface area contributed by atoms with Gasteiger partial charge < -0.3 is 5.73 Å². The van der Waals surface area contributed by atoms with Crippen LogP contribution in [0.3, 0.4) is 0 Å². The van der Waals surface area contributed by atoms with Gasteiger partial charge in [0.05, 0.1) is 0 Å². The second-order valence-corrected chi connectivity index (χ2v) is 3.76. The summed E-state index contributed by atoms with van der Waals surface area (Å²) >= 11 is 0. The van der Waals surface area contributed by atoms with E-state index in [0.29, 0.717) is 5.92 Å². The molecule has 0 radical (unpaired) electrons. The average Bonchev–Trinajstić information content (AvgIpc) is 2.18. The van der Waals surface area contributed by atoms with Crippen molar-refractivity contribution in [3.05, 3.63) is 35.9 Å². The average molecular weight is 204 g/mol. The highest BCUT2D eigenvalue weighted by molar-refractivity contribution is 5.83. The third-order valence-electron chi connectivity index (χ3n) is 1.92. The van der Waals surface area contributed by atoms with Crippen LogP contribution < -0.4 is 5.73 Å². The first-order chi connectivity index (χ1) is 7.11. The van der Waals surface area contributed by atoms with Crippen molar-refractivity contribution in [2.45, 2.75) is 19.9 Å². The van der Waals surface area contributed by atoms with E-state index in [1.54, 1.807) is 6.21 Å². The zero-order valence-corrected chi connectivity index (χ0v) is 9.05. The maximum atomic E-state index is 11.2. The van der Waals surface area contributed by atoms with E-state index in [0.717, 1.165) is 5.56 Å². The van der Waals surface area contributed by atoms with E-state index in [1.165, 1.54) is 0 Å². The normalized spacial score (nSPS) is 13.3. The van der Waals surface area contributed by atoms with E-state index in [9.17, 15) is 4.79 Å². The number of aliphatic imine (C=N–C) groups is 1. The first-order valence-electron chi connectivity index (χ1n) is 4.99. The number of carbonyl (C=O) groups excluding carboxylic acids is 1. The Labute approximate surface area is 90.0 Å². The van der Waals surface area contributed by atoms with Crippen LogP contribution in [0.1, 0.15) is 25.5 Å². The van der Waals surface area contributed by atoms with Crippen LogP contribution in [0.25, 0.3) is 0 Å². The summed E-state index contributed by atoms with van der Waals surface area (Å²) in [5, 5.41) is 0. The Kier molecular flexibility index (Phi) is 4.03. The highest BCUT2D eigenvalue weighted by atomic mass is 16.1. The topological polar surface area (TPSA) is 55.4 Å². The highest BCUT2D eigenvalue weighted by Gasteiger charge is 2.14. The van der Waals surface area contributed by atoms with Crippen molar-refractivity contribution in [3.63, 3.8) is 0 Å². The molecular weight excluding hydrogens is 188 g/mol. The summed E-state index contributed by atoms with van der Waals surface area (Å²) in [4.78, 5) is 15.4. The van der Waals surface area contributed by atoms with Gasteiger partial charge >= 0.3 is 0 Å². The van der Waals surface area contributed by atoms with E-state index in [2.05, 4.69) is 4.99 Å². The van der Waals surface area contributed by atoms with Crippen molar-refractivity contribution in [1.29, 1.82) is 0 Å². The molecule has 2 N–H and O–H groups in total. The van der Waals surface area contributed by atoms with Gasteiger partial charge in [0, 0.05) is 6.21 Å². The molecule has 1 aromatic rings. The van der Waals surface area contributed by atoms with E-state index >= 15 is 0 Å². The standard InChI is InChI=1S/C12H16N2O/c1-9(2)8-14-11(12(13)15)10-6-4-3-5-7-10/h3-9,11H,1-2H3,(H2,13,15)/t11-/m1/s1. The minimum atomic E-state index is -0.561. The molecule has 1 amide bonds. The first-order valence-corrected chi connectivity index (χ1v) is 4.99. The van der Waals surface area contributed by atoms with E-state index < -0.39 is 11.9 Å². The summed E-state index contributed by atoms with van der Waals surface area (Å²) in [6.45, 7) is 4.01. The molecule has 1 atom stereocenters. The monoisotopic (exact) mass is 204 g/mol. The van der Waals surface area contributed by atoms with Gasteiger partial charge in [-0.05, 0) is 11.5 Å². The van der Waals surface area contributed by atoms with Crippen LogP contribution in [0.2, 0.25) is 0 Å². The van der Waals surface area contributed by atoms with E-state index in [4.69, 9.17) is 5.73 Å². The zero-order valence-electron chi connectivity index (χ0n) is 9.05. The van der Waals surface area contributed by atoms with Gasteiger partial charge in [-0.2, -0.15) is 0 Å². The van der Waals surface area contributed by atoms with Gasteiger partial charge in [-0.25, -0.2) is 0 Å². The minimum absolute atomic E-state index is 0.315. The first kappa shape index (κ1) is 11.4. The molecule has 80 valence electrons. The molecule has 0 aromatic heterocycles. The van der Waals surface area contributed by atoms with Crippen LogP contribution in [0.15, 0.2) is 35.3 Å². The molecule has 1 aromatic carbocycles. The molecule has 0 aliphatic heterocycles. The Morgan fingerprint density at radius 3 is 2.40 bits per heavy atom. The summed E-state index contributed by atoms with van der Waals surface area (Å²) in [6, 6.07) is 8.79. The fourth-order valence-corrected chi connectivity index (χ4v) is 1.22. The summed E-state index contributed by atoms with van der Waals surface area (Å²) in [5.74, 6) is -0.103. The quantitative estimate of drug-likeness (QED) is 0.749. The summed E-state index contributed by atoms with van der Waals surface area (Å²) in [6.07, 6.45) is 1.75. The molecule has 0 unspecified atom stereocenters. The molecule has 1 rings (SSSR count). The lowest BCUT2D eigenvalue weighted by molar-refractivity contribution is -0.119. The lowest BCUT2D eigenvalue weighted by atomic mass is 10.1. The largest absolute Gasteiger partial charge is 0.368 e. The number of carbonyl (C=O) groups is 1.